The standard InChI is InChI=1S/C21H21N3O3/c1-3-26-16-7-9-17(10-8-16)27-18-6-4-5-15(13-18)24-21(25)19-14(2)11-12-23-20(19)22/h4-13H,3H2,1-2H3,(H2,22,23)(H,24,25). The van der Waals surface area contributed by atoms with E-state index in [9.17, 15) is 4.79 Å². The van der Waals surface area contributed by atoms with E-state index >= 15 is 0 Å². The fourth-order valence-electron chi connectivity index (χ4n) is 2.61. The quantitative estimate of drug-likeness (QED) is 0.677. The Labute approximate surface area is 158 Å². The highest BCUT2D eigenvalue weighted by molar-refractivity contribution is 6.08. The molecule has 0 spiro atoms. The summed E-state index contributed by atoms with van der Waals surface area (Å²) in [6, 6.07) is 16.2. The van der Waals surface area contributed by atoms with Crippen LogP contribution in [0, 0.1) is 6.92 Å². The summed E-state index contributed by atoms with van der Waals surface area (Å²) >= 11 is 0. The Morgan fingerprint density at radius 2 is 1.81 bits per heavy atom. The number of nitrogens with zero attached hydrogens (tertiary/aromatic N) is 1. The van der Waals surface area contributed by atoms with E-state index in [1.54, 1.807) is 30.5 Å². The normalized spacial score (nSPS) is 10.3. The number of carbonyl (C=O) groups is 1. The first-order valence-corrected chi connectivity index (χ1v) is 8.60. The maximum absolute atomic E-state index is 12.5. The number of nitrogen functional groups attached to an aromatic ring is 1. The third-order valence-electron chi connectivity index (χ3n) is 3.88. The molecule has 0 aliphatic carbocycles. The monoisotopic (exact) mass is 363 g/mol. The van der Waals surface area contributed by atoms with Crippen LogP contribution in [0.5, 0.6) is 17.2 Å². The van der Waals surface area contributed by atoms with Crippen molar-refractivity contribution in [3.05, 3.63) is 71.9 Å². The van der Waals surface area contributed by atoms with E-state index in [2.05, 4.69) is 10.3 Å². The molecular weight excluding hydrogens is 342 g/mol. The van der Waals surface area contributed by atoms with Gasteiger partial charge < -0.3 is 20.5 Å². The van der Waals surface area contributed by atoms with Crippen LogP contribution >= 0.6 is 0 Å². The Morgan fingerprint density at radius 3 is 2.52 bits per heavy atom. The average molecular weight is 363 g/mol. The lowest BCUT2D eigenvalue weighted by Gasteiger charge is -2.11. The Morgan fingerprint density at radius 1 is 1.07 bits per heavy atom. The molecule has 3 aromatic rings. The molecule has 0 aliphatic rings. The Balaban J connectivity index is 1.72. The molecule has 0 saturated heterocycles. The van der Waals surface area contributed by atoms with Crippen LogP contribution in [0.3, 0.4) is 0 Å². The average Bonchev–Trinajstić information content (AvgIpc) is 2.64. The molecular formula is C21H21N3O3. The lowest BCUT2D eigenvalue weighted by molar-refractivity contribution is 0.102. The first-order valence-electron chi connectivity index (χ1n) is 8.60. The van der Waals surface area contributed by atoms with E-state index in [-0.39, 0.29) is 11.7 Å². The number of pyridine rings is 1. The minimum atomic E-state index is -0.309. The molecule has 27 heavy (non-hydrogen) atoms. The highest BCUT2D eigenvalue weighted by Gasteiger charge is 2.14. The van der Waals surface area contributed by atoms with Crippen molar-refractivity contribution < 1.29 is 14.3 Å². The number of aromatic nitrogens is 1. The van der Waals surface area contributed by atoms with Crippen molar-refractivity contribution in [3.63, 3.8) is 0 Å². The number of anilines is 2. The minimum Gasteiger partial charge on any atom is -0.494 e. The van der Waals surface area contributed by atoms with E-state index in [1.807, 2.05) is 44.2 Å². The van der Waals surface area contributed by atoms with Crippen molar-refractivity contribution in [3.8, 4) is 17.2 Å². The maximum Gasteiger partial charge on any atom is 0.259 e. The fourth-order valence-corrected chi connectivity index (χ4v) is 2.61. The van der Waals surface area contributed by atoms with Crippen LogP contribution in [-0.4, -0.2) is 17.5 Å². The van der Waals surface area contributed by atoms with E-state index in [0.717, 1.165) is 11.3 Å². The largest absolute Gasteiger partial charge is 0.494 e. The molecule has 3 rings (SSSR count). The minimum absolute atomic E-state index is 0.203. The van der Waals surface area contributed by atoms with Crippen molar-refractivity contribution >= 4 is 17.4 Å². The molecule has 2 aromatic carbocycles. The number of amides is 1. The molecule has 3 N–H and O–H groups in total. The highest BCUT2D eigenvalue weighted by Crippen LogP contribution is 2.26. The molecule has 1 aromatic heterocycles. The molecule has 0 saturated carbocycles. The fraction of sp³-hybridized carbons (Fsp3) is 0.143. The molecule has 0 aliphatic heterocycles. The number of hydrogen-bond acceptors (Lipinski definition) is 5. The van der Waals surface area contributed by atoms with Gasteiger partial charge in [0.2, 0.25) is 0 Å². The number of benzene rings is 2. The molecule has 0 atom stereocenters. The van der Waals surface area contributed by atoms with E-state index in [0.29, 0.717) is 29.4 Å². The third-order valence-corrected chi connectivity index (χ3v) is 3.88. The van der Waals surface area contributed by atoms with Crippen LogP contribution in [-0.2, 0) is 0 Å². The first-order chi connectivity index (χ1) is 13.1. The van der Waals surface area contributed by atoms with Crippen molar-refractivity contribution in [1.82, 2.24) is 4.98 Å². The van der Waals surface area contributed by atoms with Gasteiger partial charge in [-0.15, -0.1) is 0 Å². The number of rotatable bonds is 6. The van der Waals surface area contributed by atoms with Gasteiger partial charge in [0, 0.05) is 18.0 Å². The van der Waals surface area contributed by atoms with Gasteiger partial charge in [0.1, 0.15) is 23.1 Å². The molecule has 1 amide bonds. The van der Waals surface area contributed by atoms with Gasteiger partial charge in [-0.1, -0.05) is 6.07 Å². The Bertz CT molecular complexity index is 919. The highest BCUT2D eigenvalue weighted by atomic mass is 16.5. The van der Waals surface area contributed by atoms with Gasteiger partial charge >= 0.3 is 0 Å². The zero-order chi connectivity index (χ0) is 19.2. The topological polar surface area (TPSA) is 86.5 Å². The summed E-state index contributed by atoms with van der Waals surface area (Å²) in [6.07, 6.45) is 1.58. The Hall–Kier alpha value is -3.54. The summed E-state index contributed by atoms with van der Waals surface area (Å²) in [5, 5.41) is 2.83. The third kappa shape index (κ3) is 4.55. The second kappa shape index (κ2) is 8.23. The second-order valence-electron chi connectivity index (χ2n) is 5.88. The number of nitrogens with two attached hydrogens (primary N) is 1. The summed E-state index contributed by atoms with van der Waals surface area (Å²) in [4.78, 5) is 16.5. The van der Waals surface area contributed by atoms with Crippen LogP contribution in [0.4, 0.5) is 11.5 Å². The summed E-state index contributed by atoms with van der Waals surface area (Å²) in [5.41, 5.74) is 7.57. The smallest absolute Gasteiger partial charge is 0.259 e. The number of hydrogen-bond donors (Lipinski definition) is 2. The lowest BCUT2D eigenvalue weighted by atomic mass is 10.1. The maximum atomic E-state index is 12.5. The molecule has 0 fully saturated rings. The molecule has 138 valence electrons. The summed E-state index contributed by atoms with van der Waals surface area (Å²) in [5.74, 6) is 1.96. The van der Waals surface area contributed by atoms with E-state index < -0.39 is 0 Å². The lowest BCUT2D eigenvalue weighted by Crippen LogP contribution is -2.16. The predicted octanol–water partition coefficient (Wildman–Crippen LogP) is 4.42. The zero-order valence-electron chi connectivity index (χ0n) is 15.2. The SMILES string of the molecule is CCOc1ccc(Oc2cccc(NC(=O)c3c(C)ccnc3N)c2)cc1. The molecule has 6 heteroatoms. The number of ether oxygens (including phenoxy) is 2. The summed E-state index contributed by atoms with van der Waals surface area (Å²) in [7, 11) is 0. The molecule has 0 unspecified atom stereocenters. The molecule has 0 radical (unpaired) electrons. The molecule has 0 bridgehead atoms. The van der Waals surface area contributed by atoms with Crippen LogP contribution in [0.2, 0.25) is 0 Å². The zero-order valence-corrected chi connectivity index (χ0v) is 15.2. The van der Waals surface area contributed by atoms with Crippen LogP contribution < -0.4 is 20.5 Å². The van der Waals surface area contributed by atoms with Gasteiger partial charge in [-0.25, -0.2) is 4.98 Å². The molecule has 6 nitrogen and oxygen atoms in total. The van der Waals surface area contributed by atoms with Crippen molar-refractivity contribution in [2.75, 3.05) is 17.7 Å². The van der Waals surface area contributed by atoms with Gasteiger partial charge in [-0.3, -0.25) is 4.79 Å². The van der Waals surface area contributed by atoms with Gasteiger partial charge in [0.05, 0.1) is 12.2 Å². The van der Waals surface area contributed by atoms with Gasteiger partial charge in [-0.05, 0) is 61.9 Å². The van der Waals surface area contributed by atoms with Crippen molar-refractivity contribution in [2.45, 2.75) is 13.8 Å². The number of aryl methyl sites for hydroxylation is 1. The first kappa shape index (κ1) is 18.3. The second-order valence-corrected chi connectivity index (χ2v) is 5.88. The van der Waals surface area contributed by atoms with Crippen LogP contribution in [0.15, 0.2) is 60.8 Å². The Kier molecular flexibility index (Phi) is 5.56. The van der Waals surface area contributed by atoms with E-state index in [4.69, 9.17) is 15.2 Å². The van der Waals surface area contributed by atoms with Crippen LogP contribution in [0.25, 0.3) is 0 Å². The predicted molar refractivity (Wildman–Crippen MR) is 105 cm³/mol. The molecule has 1 heterocycles. The summed E-state index contributed by atoms with van der Waals surface area (Å²) < 4.78 is 11.3. The summed E-state index contributed by atoms with van der Waals surface area (Å²) in [6.45, 7) is 4.37. The van der Waals surface area contributed by atoms with Crippen LogP contribution in [0.1, 0.15) is 22.8 Å². The number of carbonyl (C=O) groups excluding carboxylic acids is 1. The number of nitrogens with one attached hydrogen (secondary N) is 1. The van der Waals surface area contributed by atoms with Crippen molar-refractivity contribution in [1.29, 1.82) is 0 Å². The van der Waals surface area contributed by atoms with Gasteiger partial charge in [0.15, 0.2) is 0 Å². The van der Waals surface area contributed by atoms with E-state index in [1.165, 1.54) is 0 Å². The van der Waals surface area contributed by atoms with Gasteiger partial charge in [-0.2, -0.15) is 0 Å². The van der Waals surface area contributed by atoms with Crippen molar-refractivity contribution in [2.24, 2.45) is 0 Å². The van der Waals surface area contributed by atoms with Gasteiger partial charge in [0.25, 0.3) is 5.91 Å².